The molecule has 1 atom stereocenters. The van der Waals surface area contributed by atoms with Crippen molar-refractivity contribution in [3.63, 3.8) is 0 Å². The normalized spacial score (nSPS) is 15.6. The number of carbonyl (C=O) groups is 2. The van der Waals surface area contributed by atoms with Gasteiger partial charge in [-0.05, 0) is 26.0 Å². The zero-order valence-corrected chi connectivity index (χ0v) is 20.6. The minimum absolute atomic E-state index is 0.104. The minimum atomic E-state index is -1.68. The first-order valence-electron chi connectivity index (χ1n) is 11.5. The summed E-state index contributed by atoms with van der Waals surface area (Å²) < 4.78 is 20.7. The molecule has 0 aromatic carbocycles. The summed E-state index contributed by atoms with van der Waals surface area (Å²) in [5, 5.41) is 22.2. The van der Waals surface area contributed by atoms with Gasteiger partial charge < -0.3 is 20.1 Å². The summed E-state index contributed by atoms with van der Waals surface area (Å²) in [6.45, 7) is 2.90. The molecular formula is C25H26FN7O4. The van der Waals surface area contributed by atoms with E-state index in [0.717, 1.165) is 5.39 Å². The number of hydrogen-bond acceptors (Lipinski definition) is 8. The summed E-state index contributed by atoms with van der Waals surface area (Å²) in [4.78, 5) is 39.7. The quantitative estimate of drug-likeness (QED) is 0.522. The number of methoxy groups -OCH3 is 1. The Bertz CT molecular complexity index is 1420. The smallest absolute Gasteiger partial charge is 0.409 e. The number of aliphatic hydroxyl groups is 1. The number of amides is 2. The molecule has 3 aromatic heterocycles. The van der Waals surface area contributed by atoms with Gasteiger partial charge in [-0.25, -0.2) is 19.2 Å². The van der Waals surface area contributed by atoms with Gasteiger partial charge in [0.1, 0.15) is 23.7 Å². The maximum atomic E-state index is 14.2. The maximum absolute atomic E-state index is 14.2. The average Bonchev–Trinajstić information content (AvgIpc) is 3.52. The number of nitrogens with one attached hydrogen (secondary N) is 1. The predicted octanol–water partition coefficient (Wildman–Crippen LogP) is 2.68. The predicted molar refractivity (Wildman–Crippen MR) is 133 cm³/mol. The molecule has 2 amide bonds. The monoisotopic (exact) mass is 507 g/mol. The SMILES string of the molecule is COC(=O)N1CCC(=Nc2cc(-n3ccc4cc(C#N)cnc43)ncc2C(=O)NC[C@@H](F)C(C)(C)O)C1. The van der Waals surface area contributed by atoms with Gasteiger partial charge in [-0.3, -0.25) is 14.4 Å². The van der Waals surface area contributed by atoms with Crippen LogP contribution in [0.5, 0.6) is 0 Å². The number of ether oxygens (including phenoxy) is 1. The molecule has 0 unspecified atom stereocenters. The van der Waals surface area contributed by atoms with E-state index in [1.54, 1.807) is 29.0 Å². The van der Waals surface area contributed by atoms with Gasteiger partial charge in [-0.1, -0.05) is 0 Å². The van der Waals surface area contributed by atoms with E-state index in [-0.39, 0.29) is 17.8 Å². The van der Waals surface area contributed by atoms with Crippen LogP contribution in [0.4, 0.5) is 14.9 Å². The molecule has 2 N–H and O–H groups in total. The molecule has 0 bridgehead atoms. The topological polar surface area (TPSA) is 146 Å². The van der Waals surface area contributed by atoms with E-state index in [4.69, 9.17) is 10.00 Å². The Balaban J connectivity index is 1.70. The van der Waals surface area contributed by atoms with Crippen LogP contribution in [0.2, 0.25) is 0 Å². The second-order valence-electron chi connectivity index (χ2n) is 9.14. The lowest BCUT2D eigenvalue weighted by molar-refractivity contribution is -0.00177. The van der Waals surface area contributed by atoms with Crippen LogP contribution in [0.25, 0.3) is 16.9 Å². The summed E-state index contributed by atoms with van der Waals surface area (Å²) in [7, 11) is 1.30. The van der Waals surface area contributed by atoms with Gasteiger partial charge in [0.15, 0.2) is 0 Å². The molecule has 12 heteroatoms. The lowest BCUT2D eigenvalue weighted by atomic mass is 10.0. The molecule has 1 aliphatic heterocycles. The van der Waals surface area contributed by atoms with E-state index < -0.39 is 30.3 Å². The van der Waals surface area contributed by atoms with Crippen molar-refractivity contribution in [2.75, 3.05) is 26.7 Å². The molecule has 4 rings (SSSR count). The Morgan fingerprint density at radius 2 is 2.14 bits per heavy atom. The van der Waals surface area contributed by atoms with Crippen molar-refractivity contribution >= 4 is 34.4 Å². The summed E-state index contributed by atoms with van der Waals surface area (Å²) in [5.41, 5.74) is 0.403. The molecule has 11 nitrogen and oxygen atoms in total. The third kappa shape index (κ3) is 5.57. The van der Waals surface area contributed by atoms with Gasteiger partial charge in [-0.2, -0.15) is 5.26 Å². The van der Waals surface area contributed by atoms with Crippen LogP contribution >= 0.6 is 0 Å². The van der Waals surface area contributed by atoms with Crippen molar-refractivity contribution in [1.29, 1.82) is 5.26 Å². The lowest BCUT2D eigenvalue weighted by Gasteiger charge is -2.22. The highest BCUT2D eigenvalue weighted by molar-refractivity contribution is 6.01. The van der Waals surface area contributed by atoms with Gasteiger partial charge in [0.05, 0.1) is 42.6 Å². The van der Waals surface area contributed by atoms with Crippen LogP contribution in [-0.2, 0) is 4.74 Å². The Labute approximate surface area is 212 Å². The summed E-state index contributed by atoms with van der Waals surface area (Å²) in [5.74, 6) is -0.187. The van der Waals surface area contributed by atoms with E-state index in [1.165, 1.54) is 38.3 Å². The summed E-state index contributed by atoms with van der Waals surface area (Å²) in [6.07, 6.45) is 2.87. The molecule has 0 radical (unpaired) electrons. The molecule has 3 aromatic rings. The van der Waals surface area contributed by atoms with E-state index in [1.807, 2.05) is 0 Å². The second kappa shape index (κ2) is 10.3. The summed E-state index contributed by atoms with van der Waals surface area (Å²) >= 11 is 0. The van der Waals surface area contributed by atoms with Crippen LogP contribution in [0.3, 0.4) is 0 Å². The van der Waals surface area contributed by atoms with Gasteiger partial charge >= 0.3 is 6.09 Å². The second-order valence-corrected chi connectivity index (χ2v) is 9.14. The van der Waals surface area contributed by atoms with Crippen molar-refractivity contribution in [3.8, 4) is 11.9 Å². The Kier molecular flexibility index (Phi) is 7.17. The fraction of sp³-hybridized carbons (Fsp3) is 0.360. The first-order valence-corrected chi connectivity index (χ1v) is 11.5. The Morgan fingerprint density at radius 3 is 2.84 bits per heavy atom. The lowest BCUT2D eigenvalue weighted by Crippen LogP contribution is -2.42. The highest BCUT2D eigenvalue weighted by atomic mass is 19.1. The third-order valence-corrected chi connectivity index (χ3v) is 5.98. The zero-order valence-electron chi connectivity index (χ0n) is 20.6. The molecule has 37 heavy (non-hydrogen) atoms. The molecule has 192 valence electrons. The molecule has 0 saturated carbocycles. The number of aliphatic imine (C=N–C) groups is 1. The van der Waals surface area contributed by atoms with Crippen LogP contribution in [-0.4, -0.2) is 80.8 Å². The highest BCUT2D eigenvalue weighted by Gasteiger charge is 2.28. The van der Waals surface area contributed by atoms with Gasteiger partial charge in [0.25, 0.3) is 5.91 Å². The van der Waals surface area contributed by atoms with Crippen LogP contribution < -0.4 is 5.32 Å². The number of hydrogen-bond donors (Lipinski definition) is 2. The van der Waals surface area contributed by atoms with Crippen molar-refractivity contribution < 1.29 is 23.8 Å². The molecule has 0 spiro atoms. The van der Waals surface area contributed by atoms with Gasteiger partial charge in [0.2, 0.25) is 0 Å². The molecular weight excluding hydrogens is 481 g/mol. The number of rotatable bonds is 6. The van der Waals surface area contributed by atoms with E-state index >= 15 is 0 Å². The minimum Gasteiger partial charge on any atom is -0.453 e. The maximum Gasteiger partial charge on any atom is 0.409 e. The van der Waals surface area contributed by atoms with E-state index in [9.17, 15) is 19.1 Å². The molecule has 4 heterocycles. The number of fused-ring (bicyclic) bond motifs is 1. The summed E-state index contributed by atoms with van der Waals surface area (Å²) in [6, 6.07) is 7.15. The van der Waals surface area contributed by atoms with Gasteiger partial charge in [-0.15, -0.1) is 0 Å². The number of pyridine rings is 2. The molecule has 1 saturated heterocycles. The number of nitrogens with zero attached hydrogens (tertiary/aromatic N) is 6. The number of halogens is 1. The van der Waals surface area contributed by atoms with Crippen LogP contribution in [0, 0.1) is 11.3 Å². The number of nitriles is 1. The molecule has 1 aliphatic rings. The van der Waals surface area contributed by atoms with Crippen molar-refractivity contribution in [1.82, 2.24) is 24.8 Å². The number of carbonyl (C=O) groups excluding carboxylic acids is 2. The number of aromatic nitrogens is 3. The molecule has 0 aliphatic carbocycles. The third-order valence-electron chi connectivity index (χ3n) is 5.98. The van der Waals surface area contributed by atoms with Crippen molar-refractivity contribution in [3.05, 3.63) is 47.9 Å². The van der Waals surface area contributed by atoms with Crippen molar-refractivity contribution in [2.24, 2.45) is 4.99 Å². The number of likely N-dealkylation sites (tertiary alicyclic amines) is 1. The Hall–Kier alpha value is -4.37. The fourth-order valence-electron chi connectivity index (χ4n) is 3.82. The average molecular weight is 508 g/mol. The Morgan fingerprint density at radius 1 is 1.35 bits per heavy atom. The fourth-order valence-corrected chi connectivity index (χ4v) is 3.82. The van der Waals surface area contributed by atoms with E-state index in [0.29, 0.717) is 35.7 Å². The number of alkyl halides is 1. The zero-order chi connectivity index (χ0) is 26.7. The highest BCUT2D eigenvalue weighted by Crippen LogP contribution is 2.26. The molecule has 1 fully saturated rings. The standard InChI is InChI=1S/C25H26FN7O4/c1-25(2,36)20(26)13-30-23(34)18-12-28-21(33-7-4-16-8-15(10-27)11-29-22(16)33)9-19(18)31-17-5-6-32(14-17)24(35)37-3/h4,7-9,11-12,20,36H,5-6,13-14H2,1-3H3,(H,30,34)/t20-/m1/s1. The first kappa shape index (κ1) is 25.7. The van der Waals surface area contributed by atoms with E-state index in [2.05, 4.69) is 26.3 Å². The van der Waals surface area contributed by atoms with Crippen LogP contribution in [0.15, 0.2) is 41.8 Å². The largest absolute Gasteiger partial charge is 0.453 e. The van der Waals surface area contributed by atoms with Gasteiger partial charge in [0, 0.05) is 48.7 Å². The van der Waals surface area contributed by atoms with Crippen LogP contribution in [0.1, 0.15) is 36.2 Å². The first-order chi connectivity index (χ1) is 17.6. The van der Waals surface area contributed by atoms with Crippen molar-refractivity contribution in [2.45, 2.75) is 32.0 Å².